The van der Waals surface area contributed by atoms with E-state index in [-0.39, 0.29) is 11.9 Å². The van der Waals surface area contributed by atoms with Crippen molar-refractivity contribution < 1.29 is 4.79 Å². The molecule has 1 aromatic heterocycles. The van der Waals surface area contributed by atoms with Crippen molar-refractivity contribution >= 4 is 17.7 Å². The van der Waals surface area contributed by atoms with Crippen LogP contribution < -0.4 is 0 Å². The molecule has 0 radical (unpaired) electrons. The fourth-order valence-electron chi connectivity index (χ4n) is 3.18. The lowest BCUT2D eigenvalue weighted by atomic mass is 10.0. The van der Waals surface area contributed by atoms with Crippen LogP contribution in [0.1, 0.15) is 47.6 Å². The van der Waals surface area contributed by atoms with Gasteiger partial charge in [0.1, 0.15) is 0 Å². The third-order valence-electron chi connectivity index (χ3n) is 4.44. The smallest absolute Gasteiger partial charge is 0.254 e. The predicted molar refractivity (Wildman–Crippen MR) is 94.7 cm³/mol. The molecule has 0 aliphatic carbocycles. The summed E-state index contributed by atoms with van der Waals surface area (Å²) in [5, 5.41) is 0. The summed E-state index contributed by atoms with van der Waals surface area (Å²) in [6.07, 6.45) is 10.1. The standard InChI is InChI=1S/C19H22N2OS/c1-23-17-8-6-16(7-9-17)19(22)21-14-4-2-3-5-18(21)15-10-12-20-13-11-15/h6-13,18H,2-5,14H2,1H3. The van der Waals surface area contributed by atoms with E-state index in [0.717, 1.165) is 24.9 Å². The lowest BCUT2D eigenvalue weighted by molar-refractivity contribution is 0.0681. The van der Waals surface area contributed by atoms with Crippen LogP contribution in [0.4, 0.5) is 0 Å². The molecule has 2 aromatic rings. The Balaban J connectivity index is 1.87. The molecule has 0 N–H and O–H groups in total. The van der Waals surface area contributed by atoms with Crippen LogP contribution in [0.25, 0.3) is 0 Å². The Kier molecular flexibility index (Phi) is 5.34. The molecule has 0 saturated carbocycles. The largest absolute Gasteiger partial charge is 0.332 e. The van der Waals surface area contributed by atoms with Crippen molar-refractivity contribution in [3.8, 4) is 0 Å². The SMILES string of the molecule is CSc1ccc(C(=O)N2CCCCCC2c2ccncc2)cc1. The Morgan fingerprint density at radius 2 is 1.83 bits per heavy atom. The first-order chi connectivity index (χ1) is 11.3. The fourth-order valence-corrected chi connectivity index (χ4v) is 3.59. The van der Waals surface area contributed by atoms with Gasteiger partial charge in [-0.1, -0.05) is 12.8 Å². The average Bonchev–Trinajstić information content (AvgIpc) is 2.88. The minimum atomic E-state index is 0.140. The second-order valence-corrected chi connectivity index (χ2v) is 6.75. The van der Waals surface area contributed by atoms with Crippen molar-refractivity contribution in [3.05, 3.63) is 59.9 Å². The van der Waals surface area contributed by atoms with E-state index in [1.54, 1.807) is 11.8 Å². The predicted octanol–water partition coefficient (Wildman–Crippen LogP) is 4.56. The molecule has 0 bridgehead atoms. The highest BCUT2D eigenvalue weighted by atomic mass is 32.2. The number of thioether (sulfide) groups is 1. The summed E-state index contributed by atoms with van der Waals surface area (Å²) in [6, 6.07) is 12.2. The van der Waals surface area contributed by atoms with Crippen molar-refractivity contribution in [1.29, 1.82) is 0 Å². The van der Waals surface area contributed by atoms with E-state index in [1.807, 2.05) is 55.0 Å². The normalized spacial score (nSPS) is 18.5. The molecule has 1 atom stereocenters. The number of hydrogen-bond acceptors (Lipinski definition) is 3. The van der Waals surface area contributed by atoms with Crippen molar-refractivity contribution in [2.45, 2.75) is 36.6 Å². The molecule has 3 rings (SSSR count). The first-order valence-electron chi connectivity index (χ1n) is 8.14. The van der Waals surface area contributed by atoms with Crippen LogP contribution in [-0.2, 0) is 0 Å². The van der Waals surface area contributed by atoms with Gasteiger partial charge in [-0.3, -0.25) is 9.78 Å². The van der Waals surface area contributed by atoms with Crippen LogP contribution in [0.2, 0.25) is 0 Å². The number of nitrogens with zero attached hydrogens (tertiary/aromatic N) is 2. The zero-order valence-corrected chi connectivity index (χ0v) is 14.3. The van der Waals surface area contributed by atoms with Gasteiger partial charge in [-0.15, -0.1) is 11.8 Å². The minimum absolute atomic E-state index is 0.140. The molecule has 23 heavy (non-hydrogen) atoms. The summed E-state index contributed by atoms with van der Waals surface area (Å²) in [7, 11) is 0. The van der Waals surface area contributed by atoms with Gasteiger partial charge < -0.3 is 4.90 Å². The number of benzene rings is 1. The number of aromatic nitrogens is 1. The van der Waals surface area contributed by atoms with Crippen molar-refractivity contribution in [1.82, 2.24) is 9.88 Å². The lowest BCUT2D eigenvalue weighted by Crippen LogP contribution is -2.34. The van der Waals surface area contributed by atoms with E-state index in [2.05, 4.69) is 9.88 Å². The molecule has 3 nitrogen and oxygen atoms in total. The summed E-state index contributed by atoms with van der Waals surface area (Å²) in [6.45, 7) is 0.829. The van der Waals surface area contributed by atoms with Gasteiger partial charge in [0.05, 0.1) is 6.04 Å². The van der Waals surface area contributed by atoms with Crippen molar-refractivity contribution in [2.24, 2.45) is 0 Å². The number of pyridine rings is 1. The van der Waals surface area contributed by atoms with Crippen LogP contribution in [0.3, 0.4) is 0 Å². The molecule has 1 fully saturated rings. The molecule has 1 aliphatic rings. The molecule has 1 amide bonds. The van der Waals surface area contributed by atoms with Gasteiger partial charge in [-0.2, -0.15) is 0 Å². The van der Waals surface area contributed by atoms with Crippen molar-refractivity contribution in [3.63, 3.8) is 0 Å². The topological polar surface area (TPSA) is 33.2 Å². The van der Waals surface area contributed by atoms with Gasteiger partial charge in [0.25, 0.3) is 5.91 Å². The molecule has 1 aromatic carbocycles. The zero-order chi connectivity index (χ0) is 16.1. The van der Waals surface area contributed by atoms with Gasteiger partial charge in [0.15, 0.2) is 0 Å². The first kappa shape index (κ1) is 16.1. The number of hydrogen-bond donors (Lipinski definition) is 0. The summed E-state index contributed by atoms with van der Waals surface area (Å²) >= 11 is 1.69. The lowest BCUT2D eigenvalue weighted by Gasteiger charge is -2.30. The molecule has 1 saturated heterocycles. The molecule has 1 unspecified atom stereocenters. The average molecular weight is 326 g/mol. The monoisotopic (exact) mass is 326 g/mol. The van der Waals surface area contributed by atoms with Gasteiger partial charge >= 0.3 is 0 Å². The second kappa shape index (κ2) is 7.64. The van der Waals surface area contributed by atoms with E-state index in [1.165, 1.54) is 23.3 Å². The Hall–Kier alpha value is -1.81. The molecule has 0 spiro atoms. The minimum Gasteiger partial charge on any atom is -0.332 e. The summed E-state index contributed by atoms with van der Waals surface area (Å²) in [5.74, 6) is 0.140. The molecular formula is C19H22N2OS. The van der Waals surface area contributed by atoms with Gasteiger partial charge in [0, 0.05) is 29.4 Å². The number of carbonyl (C=O) groups excluding carboxylic acids is 1. The van der Waals surface area contributed by atoms with Crippen LogP contribution >= 0.6 is 11.8 Å². The summed E-state index contributed by atoms with van der Waals surface area (Å²) < 4.78 is 0. The first-order valence-corrected chi connectivity index (χ1v) is 9.37. The molecule has 1 aliphatic heterocycles. The zero-order valence-electron chi connectivity index (χ0n) is 13.4. The van der Waals surface area contributed by atoms with E-state index in [4.69, 9.17) is 0 Å². The maximum atomic E-state index is 13.0. The van der Waals surface area contributed by atoms with E-state index >= 15 is 0 Å². The highest BCUT2D eigenvalue weighted by molar-refractivity contribution is 7.98. The van der Waals surface area contributed by atoms with Gasteiger partial charge in [-0.25, -0.2) is 0 Å². The van der Waals surface area contributed by atoms with Gasteiger partial charge in [0.2, 0.25) is 0 Å². The third-order valence-corrected chi connectivity index (χ3v) is 5.19. The van der Waals surface area contributed by atoms with Crippen LogP contribution in [0.15, 0.2) is 53.7 Å². The molecular weight excluding hydrogens is 304 g/mol. The Morgan fingerprint density at radius 3 is 2.52 bits per heavy atom. The number of carbonyl (C=O) groups is 1. The molecule has 2 heterocycles. The maximum absolute atomic E-state index is 13.0. The van der Waals surface area contributed by atoms with E-state index < -0.39 is 0 Å². The Bertz CT molecular complexity index is 642. The Labute approximate surface area is 142 Å². The van der Waals surface area contributed by atoms with E-state index in [0.29, 0.717) is 0 Å². The number of rotatable bonds is 3. The summed E-state index contributed by atoms with van der Waals surface area (Å²) in [4.78, 5) is 20.4. The van der Waals surface area contributed by atoms with E-state index in [9.17, 15) is 4.79 Å². The second-order valence-electron chi connectivity index (χ2n) is 5.87. The van der Waals surface area contributed by atoms with Gasteiger partial charge in [-0.05, 0) is 61.1 Å². The van der Waals surface area contributed by atoms with Crippen LogP contribution in [0.5, 0.6) is 0 Å². The maximum Gasteiger partial charge on any atom is 0.254 e. The molecule has 4 heteroatoms. The molecule has 120 valence electrons. The van der Waals surface area contributed by atoms with Crippen LogP contribution in [-0.4, -0.2) is 28.6 Å². The van der Waals surface area contributed by atoms with Crippen LogP contribution in [0, 0.1) is 0 Å². The number of likely N-dealkylation sites (tertiary alicyclic amines) is 1. The highest BCUT2D eigenvalue weighted by Gasteiger charge is 2.27. The fraction of sp³-hybridized carbons (Fsp3) is 0.368. The third kappa shape index (κ3) is 3.75. The summed E-state index contributed by atoms with van der Waals surface area (Å²) in [5.41, 5.74) is 1.97. The highest BCUT2D eigenvalue weighted by Crippen LogP contribution is 2.31. The Morgan fingerprint density at radius 1 is 1.09 bits per heavy atom. The number of amides is 1. The van der Waals surface area contributed by atoms with Crippen molar-refractivity contribution in [2.75, 3.05) is 12.8 Å². The quantitative estimate of drug-likeness (QED) is 0.775.